The number of hydrogen-bond donors (Lipinski definition) is 2. The SMILES string of the molecule is CCCCOC(=O)NC1CC(OCCCO)C1. The molecule has 17 heavy (non-hydrogen) atoms. The lowest BCUT2D eigenvalue weighted by Gasteiger charge is -2.35. The van der Waals surface area contributed by atoms with Crippen molar-refractivity contribution in [3.8, 4) is 0 Å². The van der Waals surface area contributed by atoms with Crippen LogP contribution in [0, 0.1) is 0 Å². The molecule has 0 spiro atoms. The number of ether oxygens (including phenoxy) is 2. The molecule has 1 aliphatic carbocycles. The molecule has 0 saturated heterocycles. The summed E-state index contributed by atoms with van der Waals surface area (Å²) in [5.41, 5.74) is 0. The summed E-state index contributed by atoms with van der Waals surface area (Å²) in [5, 5.41) is 11.4. The van der Waals surface area contributed by atoms with Gasteiger partial charge in [0, 0.05) is 19.3 Å². The van der Waals surface area contributed by atoms with Crippen LogP contribution in [-0.4, -0.2) is 43.2 Å². The van der Waals surface area contributed by atoms with E-state index in [1.807, 2.05) is 0 Å². The van der Waals surface area contributed by atoms with Gasteiger partial charge in [-0.2, -0.15) is 0 Å². The highest BCUT2D eigenvalue weighted by atomic mass is 16.5. The monoisotopic (exact) mass is 245 g/mol. The minimum Gasteiger partial charge on any atom is -0.450 e. The predicted molar refractivity (Wildman–Crippen MR) is 63.9 cm³/mol. The maximum absolute atomic E-state index is 11.3. The standard InChI is InChI=1S/C12H23NO4/c1-2-3-6-17-12(15)13-10-8-11(9-10)16-7-4-5-14/h10-11,14H,2-9H2,1H3,(H,13,15). The van der Waals surface area contributed by atoms with Crippen molar-refractivity contribution in [2.75, 3.05) is 19.8 Å². The lowest BCUT2D eigenvalue weighted by molar-refractivity contribution is -0.0205. The minimum atomic E-state index is -0.322. The van der Waals surface area contributed by atoms with Crippen LogP contribution in [-0.2, 0) is 9.47 Å². The second-order valence-corrected chi connectivity index (χ2v) is 4.37. The molecule has 0 aliphatic heterocycles. The van der Waals surface area contributed by atoms with Crippen LogP contribution in [0.15, 0.2) is 0 Å². The van der Waals surface area contributed by atoms with E-state index in [9.17, 15) is 4.79 Å². The number of amides is 1. The van der Waals surface area contributed by atoms with Crippen molar-refractivity contribution in [3.63, 3.8) is 0 Å². The number of nitrogens with one attached hydrogen (secondary N) is 1. The van der Waals surface area contributed by atoms with Gasteiger partial charge in [-0.1, -0.05) is 13.3 Å². The van der Waals surface area contributed by atoms with E-state index in [1.165, 1.54) is 0 Å². The molecule has 5 heteroatoms. The first-order valence-corrected chi connectivity index (χ1v) is 6.42. The highest BCUT2D eigenvalue weighted by molar-refractivity contribution is 5.67. The van der Waals surface area contributed by atoms with Crippen molar-refractivity contribution in [2.24, 2.45) is 0 Å². The number of aliphatic hydroxyl groups is 1. The van der Waals surface area contributed by atoms with E-state index in [0.29, 0.717) is 19.6 Å². The Kier molecular flexibility index (Phi) is 6.96. The third-order valence-electron chi connectivity index (χ3n) is 2.80. The van der Waals surface area contributed by atoms with Gasteiger partial charge < -0.3 is 19.9 Å². The Balaban J connectivity index is 1.95. The molecule has 0 heterocycles. The molecule has 5 nitrogen and oxygen atoms in total. The summed E-state index contributed by atoms with van der Waals surface area (Å²) in [7, 11) is 0. The fraction of sp³-hybridized carbons (Fsp3) is 0.917. The molecule has 0 aromatic rings. The Morgan fingerprint density at radius 3 is 2.76 bits per heavy atom. The van der Waals surface area contributed by atoms with Gasteiger partial charge in [0.25, 0.3) is 0 Å². The average molecular weight is 245 g/mol. The number of unbranched alkanes of at least 4 members (excludes halogenated alkanes) is 1. The van der Waals surface area contributed by atoms with Crippen LogP contribution in [0.5, 0.6) is 0 Å². The molecule has 0 aromatic heterocycles. The molecule has 1 saturated carbocycles. The summed E-state index contributed by atoms with van der Waals surface area (Å²) in [6.45, 7) is 3.31. The minimum absolute atomic E-state index is 0.165. The van der Waals surface area contributed by atoms with E-state index in [4.69, 9.17) is 14.6 Å². The fourth-order valence-electron chi connectivity index (χ4n) is 1.65. The zero-order chi connectivity index (χ0) is 12.5. The molecule has 1 amide bonds. The second kappa shape index (κ2) is 8.31. The van der Waals surface area contributed by atoms with Crippen molar-refractivity contribution in [2.45, 2.75) is 51.2 Å². The number of hydrogen-bond acceptors (Lipinski definition) is 4. The number of aliphatic hydroxyl groups excluding tert-OH is 1. The molecule has 0 bridgehead atoms. The summed E-state index contributed by atoms with van der Waals surface area (Å²) in [6.07, 6.45) is 4.19. The Morgan fingerprint density at radius 2 is 2.12 bits per heavy atom. The van der Waals surface area contributed by atoms with Gasteiger partial charge in [-0.05, 0) is 25.7 Å². The Labute approximate surface area is 102 Å². The van der Waals surface area contributed by atoms with Crippen LogP contribution >= 0.6 is 0 Å². The molecule has 100 valence electrons. The first-order chi connectivity index (χ1) is 8.26. The lowest BCUT2D eigenvalue weighted by atomic mass is 9.89. The quantitative estimate of drug-likeness (QED) is 0.635. The smallest absolute Gasteiger partial charge is 0.407 e. The molecule has 2 N–H and O–H groups in total. The van der Waals surface area contributed by atoms with Gasteiger partial charge in [0.2, 0.25) is 0 Å². The lowest BCUT2D eigenvalue weighted by Crippen LogP contribution is -2.48. The van der Waals surface area contributed by atoms with Gasteiger partial charge >= 0.3 is 6.09 Å². The zero-order valence-electron chi connectivity index (χ0n) is 10.5. The average Bonchev–Trinajstić information content (AvgIpc) is 2.26. The summed E-state index contributed by atoms with van der Waals surface area (Å²) in [4.78, 5) is 11.3. The van der Waals surface area contributed by atoms with Gasteiger partial charge in [0.1, 0.15) is 0 Å². The first-order valence-electron chi connectivity index (χ1n) is 6.42. The maximum Gasteiger partial charge on any atom is 0.407 e. The van der Waals surface area contributed by atoms with Gasteiger partial charge in [0.15, 0.2) is 0 Å². The molecule has 0 aromatic carbocycles. The van der Waals surface area contributed by atoms with Crippen molar-refractivity contribution < 1.29 is 19.4 Å². The first kappa shape index (κ1) is 14.3. The molecule has 1 fully saturated rings. The molecule has 1 rings (SSSR count). The molecule has 1 aliphatic rings. The third kappa shape index (κ3) is 5.89. The Morgan fingerprint density at radius 1 is 1.35 bits per heavy atom. The number of carbonyl (C=O) groups is 1. The van der Waals surface area contributed by atoms with E-state index < -0.39 is 0 Å². The molecule has 0 unspecified atom stereocenters. The summed E-state index contributed by atoms with van der Waals surface area (Å²) in [5.74, 6) is 0. The normalized spacial score (nSPS) is 22.9. The maximum atomic E-state index is 11.3. The van der Waals surface area contributed by atoms with E-state index in [2.05, 4.69) is 12.2 Å². The van der Waals surface area contributed by atoms with Gasteiger partial charge in [-0.25, -0.2) is 4.79 Å². The van der Waals surface area contributed by atoms with Crippen LogP contribution in [0.1, 0.15) is 39.0 Å². The molecular formula is C12H23NO4. The predicted octanol–water partition coefficient (Wildman–Crippen LogP) is 1.44. The fourth-order valence-corrected chi connectivity index (χ4v) is 1.65. The van der Waals surface area contributed by atoms with Crippen molar-refractivity contribution in [3.05, 3.63) is 0 Å². The summed E-state index contributed by atoms with van der Waals surface area (Å²) >= 11 is 0. The topological polar surface area (TPSA) is 67.8 Å². The Bertz CT molecular complexity index is 217. The highest BCUT2D eigenvalue weighted by Crippen LogP contribution is 2.23. The van der Waals surface area contributed by atoms with Crippen LogP contribution in [0.3, 0.4) is 0 Å². The zero-order valence-corrected chi connectivity index (χ0v) is 10.5. The largest absolute Gasteiger partial charge is 0.450 e. The van der Waals surface area contributed by atoms with E-state index >= 15 is 0 Å². The Hall–Kier alpha value is -0.810. The van der Waals surface area contributed by atoms with Gasteiger partial charge in [-0.15, -0.1) is 0 Å². The van der Waals surface area contributed by atoms with Crippen LogP contribution < -0.4 is 5.32 Å². The second-order valence-electron chi connectivity index (χ2n) is 4.37. The third-order valence-corrected chi connectivity index (χ3v) is 2.80. The van der Waals surface area contributed by atoms with E-state index in [1.54, 1.807) is 0 Å². The molecular weight excluding hydrogens is 222 g/mol. The van der Waals surface area contributed by atoms with E-state index in [0.717, 1.165) is 25.7 Å². The van der Waals surface area contributed by atoms with Crippen LogP contribution in [0.2, 0.25) is 0 Å². The molecule has 0 radical (unpaired) electrons. The number of rotatable bonds is 8. The van der Waals surface area contributed by atoms with Crippen molar-refractivity contribution >= 4 is 6.09 Å². The number of carbonyl (C=O) groups excluding carboxylic acids is 1. The van der Waals surface area contributed by atoms with E-state index in [-0.39, 0.29) is 24.8 Å². The summed E-state index contributed by atoms with van der Waals surface area (Å²) < 4.78 is 10.5. The van der Waals surface area contributed by atoms with Crippen molar-refractivity contribution in [1.29, 1.82) is 0 Å². The van der Waals surface area contributed by atoms with Gasteiger partial charge in [-0.3, -0.25) is 0 Å². The van der Waals surface area contributed by atoms with Crippen molar-refractivity contribution in [1.82, 2.24) is 5.32 Å². The number of alkyl carbamates (subject to hydrolysis) is 1. The van der Waals surface area contributed by atoms with Crippen LogP contribution in [0.4, 0.5) is 4.79 Å². The molecule has 0 atom stereocenters. The highest BCUT2D eigenvalue weighted by Gasteiger charge is 2.31. The van der Waals surface area contributed by atoms with Gasteiger partial charge in [0.05, 0.1) is 12.7 Å². The summed E-state index contributed by atoms with van der Waals surface area (Å²) in [6, 6.07) is 0.184. The van der Waals surface area contributed by atoms with Crippen LogP contribution in [0.25, 0.3) is 0 Å².